The van der Waals surface area contributed by atoms with Gasteiger partial charge in [0, 0.05) is 11.1 Å². The lowest BCUT2D eigenvalue weighted by Crippen LogP contribution is -2.02. The van der Waals surface area contributed by atoms with E-state index in [1.165, 1.54) is 0 Å². The second-order valence-corrected chi connectivity index (χ2v) is 3.14. The summed E-state index contributed by atoms with van der Waals surface area (Å²) >= 11 is 0. The summed E-state index contributed by atoms with van der Waals surface area (Å²) in [5.74, 6) is 0.612. The molecule has 1 aromatic heterocycles. The maximum absolute atomic E-state index is 11.2. The molecule has 1 heterocycles. The van der Waals surface area contributed by atoms with Crippen LogP contribution in [-0.4, -0.2) is 0 Å². The standard InChI is InChI=1S/C12H10O2/c1-9-7-8-11(14-12(9)13)10-5-3-2-4-6-10/h2-8H,1H3. The molecule has 14 heavy (non-hydrogen) atoms. The monoisotopic (exact) mass is 186 g/mol. The van der Waals surface area contributed by atoms with Crippen molar-refractivity contribution in [3.63, 3.8) is 0 Å². The van der Waals surface area contributed by atoms with Crippen molar-refractivity contribution < 1.29 is 4.42 Å². The van der Waals surface area contributed by atoms with Gasteiger partial charge >= 0.3 is 5.63 Å². The molecule has 0 aliphatic rings. The Kier molecular flexibility index (Phi) is 2.19. The predicted octanol–water partition coefficient (Wildman–Crippen LogP) is 2.62. The van der Waals surface area contributed by atoms with E-state index in [0.29, 0.717) is 11.3 Å². The van der Waals surface area contributed by atoms with Crippen LogP contribution >= 0.6 is 0 Å². The van der Waals surface area contributed by atoms with Gasteiger partial charge in [0.25, 0.3) is 0 Å². The third-order valence-electron chi connectivity index (χ3n) is 2.07. The molecule has 0 atom stereocenters. The van der Waals surface area contributed by atoms with Crippen LogP contribution in [0.3, 0.4) is 0 Å². The van der Waals surface area contributed by atoms with Crippen molar-refractivity contribution in [3.8, 4) is 11.3 Å². The molecule has 0 N–H and O–H groups in total. The fourth-order valence-electron chi connectivity index (χ4n) is 1.24. The number of rotatable bonds is 1. The van der Waals surface area contributed by atoms with Crippen LogP contribution in [0, 0.1) is 6.92 Å². The van der Waals surface area contributed by atoms with Crippen LogP contribution in [0.25, 0.3) is 11.3 Å². The van der Waals surface area contributed by atoms with Crippen molar-refractivity contribution in [1.82, 2.24) is 0 Å². The Hall–Kier alpha value is -1.83. The summed E-state index contributed by atoms with van der Waals surface area (Å²) in [6.07, 6.45) is 0. The molecular weight excluding hydrogens is 176 g/mol. The summed E-state index contributed by atoms with van der Waals surface area (Å²) in [6.45, 7) is 1.74. The van der Waals surface area contributed by atoms with Gasteiger partial charge in [-0.3, -0.25) is 0 Å². The summed E-state index contributed by atoms with van der Waals surface area (Å²) < 4.78 is 5.14. The zero-order valence-electron chi connectivity index (χ0n) is 7.86. The van der Waals surface area contributed by atoms with E-state index in [9.17, 15) is 4.79 Å². The summed E-state index contributed by atoms with van der Waals surface area (Å²) in [6, 6.07) is 13.2. The van der Waals surface area contributed by atoms with Gasteiger partial charge in [0.1, 0.15) is 5.76 Å². The third-order valence-corrected chi connectivity index (χ3v) is 2.07. The highest BCUT2D eigenvalue weighted by Gasteiger charge is 2.01. The van der Waals surface area contributed by atoms with Gasteiger partial charge in [-0.1, -0.05) is 30.3 Å². The molecule has 2 heteroatoms. The molecule has 1 aromatic carbocycles. The molecule has 0 fully saturated rings. The maximum Gasteiger partial charge on any atom is 0.339 e. The average Bonchev–Trinajstić information content (AvgIpc) is 2.23. The molecule has 2 rings (SSSR count). The highest BCUT2D eigenvalue weighted by molar-refractivity contribution is 5.56. The highest BCUT2D eigenvalue weighted by Crippen LogP contribution is 2.16. The van der Waals surface area contributed by atoms with E-state index < -0.39 is 0 Å². The van der Waals surface area contributed by atoms with Crippen molar-refractivity contribution in [1.29, 1.82) is 0 Å². The summed E-state index contributed by atoms with van der Waals surface area (Å²) in [4.78, 5) is 11.2. The maximum atomic E-state index is 11.2. The molecule has 2 aromatic rings. The lowest BCUT2D eigenvalue weighted by molar-refractivity contribution is 0.520. The quantitative estimate of drug-likeness (QED) is 0.685. The van der Waals surface area contributed by atoms with E-state index in [1.54, 1.807) is 13.0 Å². The van der Waals surface area contributed by atoms with E-state index >= 15 is 0 Å². The Morgan fingerprint density at radius 1 is 1.00 bits per heavy atom. The van der Waals surface area contributed by atoms with Crippen molar-refractivity contribution in [2.45, 2.75) is 6.92 Å². The zero-order chi connectivity index (χ0) is 9.97. The molecule has 0 bridgehead atoms. The first-order chi connectivity index (χ1) is 6.77. The summed E-state index contributed by atoms with van der Waals surface area (Å²) in [5.41, 5.74) is 1.28. The lowest BCUT2D eigenvalue weighted by Gasteiger charge is -1.99. The van der Waals surface area contributed by atoms with Gasteiger partial charge in [0.15, 0.2) is 0 Å². The van der Waals surface area contributed by atoms with Gasteiger partial charge in [-0.2, -0.15) is 0 Å². The first-order valence-corrected chi connectivity index (χ1v) is 4.43. The van der Waals surface area contributed by atoms with Gasteiger partial charge in [0.2, 0.25) is 0 Å². The van der Waals surface area contributed by atoms with Gasteiger partial charge in [-0.25, -0.2) is 4.79 Å². The molecule has 0 aliphatic heterocycles. The van der Waals surface area contributed by atoms with E-state index in [4.69, 9.17) is 4.42 Å². The molecule has 2 nitrogen and oxygen atoms in total. The van der Waals surface area contributed by atoms with Crippen LogP contribution in [0.2, 0.25) is 0 Å². The van der Waals surface area contributed by atoms with Gasteiger partial charge in [-0.15, -0.1) is 0 Å². The summed E-state index contributed by atoms with van der Waals surface area (Å²) in [7, 11) is 0. The number of hydrogen-bond acceptors (Lipinski definition) is 2. The normalized spacial score (nSPS) is 10.1. The fraction of sp³-hybridized carbons (Fsp3) is 0.0833. The van der Waals surface area contributed by atoms with Crippen molar-refractivity contribution in [2.75, 3.05) is 0 Å². The Labute approximate surface area is 81.8 Å². The van der Waals surface area contributed by atoms with E-state index in [-0.39, 0.29) is 5.63 Å². The third kappa shape index (κ3) is 1.59. The minimum atomic E-state index is -0.272. The van der Waals surface area contributed by atoms with Crippen molar-refractivity contribution in [3.05, 3.63) is 58.4 Å². The Bertz CT molecular complexity index is 483. The second-order valence-electron chi connectivity index (χ2n) is 3.14. The topological polar surface area (TPSA) is 30.2 Å². The van der Waals surface area contributed by atoms with Gasteiger partial charge < -0.3 is 4.42 Å². The lowest BCUT2D eigenvalue weighted by atomic mass is 10.1. The molecule has 0 unspecified atom stereocenters. The van der Waals surface area contributed by atoms with Crippen LogP contribution in [0.1, 0.15) is 5.56 Å². The summed E-state index contributed by atoms with van der Waals surface area (Å²) in [5, 5.41) is 0. The minimum absolute atomic E-state index is 0.272. The minimum Gasteiger partial charge on any atom is -0.423 e. The number of hydrogen-bond donors (Lipinski definition) is 0. The largest absolute Gasteiger partial charge is 0.423 e. The molecule has 0 saturated heterocycles. The second kappa shape index (κ2) is 3.50. The van der Waals surface area contributed by atoms with E-state index in [2.05, 4.69) is 0 Å². The van der Waals surface area contributed by atoms with E-state index in [0.717, 1.165) is 5.56 Å². The number of benzene rings is 1. The molecular formula is C12H10O2. The Morgan fingerprint density at radius 2 is 1.71 bits per heavy atom. The highest BCUT2D eigenvalue weighted by atomic mass is 16.4. The van der Waals surface area contributed by atoms with Crippen LogP contribution in [0.4, 0.5) is 0 Å². The Balaban J connectivity index is 2.54. The Morgan fingerprint density at radius 3 is 2.36 bits per heavy atom. The predicted molar refractivity (Wildman–Crippen MR) is 55.2 cm³/mol. The van der Waals surface area contributed by atoms with Crippen LogP contribution in [0.15, 0.2) is 51.7 Å². The van der Waals surface area contributed by atoms with Crippen LogP contribution in [0.5, 0.6) is 0 Å². The van der Waals surface area contributed by atoms with Crippen molar-refractivity contribution >= 4 is 0 Å². The molecule has 0 spiro atoms. The molecule has 0 amide bonds. The van der Waals surface area contributed by atoms with Crippen LogP contribution < -0.4 is 5.63 Å². The van der Waals surface area contributed by atoms with E-state index in [1.807, 2.05) is 36.4 Å². The fourth-order valence-corrected chi connectivity index (χ4v) is 1.24. The first kappa shape index (κ1) is 8.75. The SMILES string of the molecule is Cc1ccc(-c2ccccc2)oc1=O. The van der Waals surface area contributed by atoms with Gasteiger partial charge in [-0.05, 0) is 19.1 Å². The molecule has 0 saturated carbocycles. The molecule has 70 valence electrons. The molecule has 0 aliphatic carbocycles. The number of aryl methyl sites for hydroxylation is 1. The smallest absolute Gasteiger partial charge is 0.339 e. The molecule has 0 radical (unpaired) electrons. The zero-order valence-corrected chi connectivity index (χ0v) is 7.86. The van der Waals surface area contributed by atoms with Gasteiger partial charge in [0.05, 0.1) is 0 Å². The first-order valence-electron chi connectivity index (χ1n) is 4.43. The van der Waals surface area contributed by atoms with Crippen molar-refractivity contribution in [2.24, 2.45) is 0 Å². The average molecular weight is 186 g/mol. The van der Waals surface area contributed by atoms with Crippen LogP contribution in [-0.2, 0) is 0 Å².